The van der Waals surface area contributed by atoms with Crippen molar-refractivity contribution in [3.8, 4) is 11.3 Å². The van der Waals surface area contributed by atoms with Crippen molar-refractivity contribution in [1.29, 1.82) is 0 Å². The van der Waals surface area contributed by atoms with Crippen LogP contribution in [0.3, 0.4) is 0 Å². The van der Waals surface area contributed by atoms with Crippen LogP contribution in [0.15, 0.2) is 24.3 Å². The topological polar surface area (TPSA) is 25.8 Å². The normalized spacial score (nSPS) is 17.5. The van der Waals surface area contributed by atoms with E-state index in [1.165, 1.54) is 5.56 Å². The molecular weight excluding hydrogens is 255 g/mol. The first-order valence-corrected chi connectivity index (χ1v) is 6.23. The summed E-state index contributed by atoms with van der Waals surface area (Å²) in [5.41, 5.74) is 4.30. The van der Waals surface area contributed by atoms with Crippen LogP contribution < -0.4 is 0 Å². The van der Waals surface area contributed by atoms with Gasteiger partial charge in [0.2, 0.25) is 5.28 Å². The lowest BCUT2D eigenvalue weighted by Gasteiger charge is -2.24. The number of fused-ring (bicyclic) bond motifs is 3. The first-order chi connectivity index (χ1) is 8.16. The number of benzene rings is 1. The summed E-state index contributed by atoms with van der Waals surface area (Å²) < 4.78 is 0. The van der Waals surface area contributed by atoms with Crippen molar-refractivity contribution in [2.24, 2.45) is 0 Å². The average molecular weight is 265 g/mol. The molecule has 1 unspecified atom stereocenters. The molecule has 0 radical (unpaired) electrons. The number of rotatable bonds is 0. The summed E-state index contributed by atoms with van der Waals surface area (Å²) in [6.45, 7) is 2.19. The summed E-state index contributed by atoms with van der Waals surface area (Å²) in [7, 11) is 0. The molecule has 0 saturated carbocycles. The summed E-state index contributed by atoms with van der Waals surface area (Å²) >= 11 is 12.0. The molecule has 1 aromatic heterocycles. The van der Waals surface area contributed by atoms with Gasteiger partial charge in [-0.25, -0.2) is 9.97 Å². The zero-order valence-corrected chi connectivity index (χ0v) is 10.8. The summed E-state index contributed by atoms with van der Waals surface area (Å²) in [5.74, 6) is 0.431. The standard InChI is InChI=1S/C13H10Cl2N2/c1-7-6-10-11(16-13(15)17-12(10)14)9-5-3-2-4-8(7)9/h2-5,7H,6H2,1H3. The second-order valence-corrected chi connectivity index (χ2v) is 5.00. The van der Waals surface area contributed by atoms with Crippen LogP contribution in [0.25, 0.3) is 11.3 Å². The summed E-state index contributed by atoms with van der Waals surface area (Å²) in [5, 5.41) is 0.680. The van der Waals surface area contributed by atoms with Crippen LogP contribution in [0.2, 0.25) is 10.4 Å². The maximum absolute atomic E-state index is 6.14. The molecule has 0 aliphatic heterocycles. The predicted molar refractivity (Wildman–Crippen MR) is 69.6 cm³/mol. The minimum Gasteiger partial charge on any atom is -0.217 e. The molecule has 0 N–H and O–H groups in total. The largest absolute Gasteiger partial charge is 0.224 e. The van der Waals surface area contributed by atoms with Gasteiger partial charge in [0.1, 0.15) is 5.15 Å². The zero-order valence-electron chi connectivity index (χ0n) is 9.24. The van der Waals surface area contributed by atoms with Crippen molar-refractivity contribution in [1.82, 2.24) is 9.97 Å². The van der Waals surface area contributed by atoms with Crippen LogP contribution in [0, 0.1) is 0 Å². The lowest BCUT2D eigenvalue weighted by atomic mass is 9.83. The molecule has 1 heterocycles. The van der Waals surface area contributed by atoms with E-state index in [4.69, 9.17) is 23.2 Å². The SMILES string of the molecule is CC1Cc2c(Cl)nc(Cl)nc2-c2ccccc21. The van der Waals surface area contributed by atoms with Crippen LogP contribution in [-0.2, 0) is 6.42 Å². The second-order valence-electron chi connectivity index (χ2n) is 4.30. The van der Waals surface area contributed by atoms with Crippen molar-refractivity contribution in [3.63, 3.8) is 0 Å². The molecule has 17 heavy (non-hydrogen) atoms. The van der Waals surface area contributed by atoms with Crippen LogP contribution in [-0.4, -0.2) is 9.97 Å². The first kappa shape index (κ1) is 11.0. The predicted octanol–water partition coefficient (Wildman–Crippen LogP) is 4.11. The molecule has 2 aromatic rings. The van der Waals surface area contributed by atoms with E-state index in [1.807, 2.05) is 12.1 Å². The van der Waals surface area contributed by atoms with E-state index in [1.54, 1.807) is 0 Å². The van der Waals surface area contributed by atoms with Gasteiger partial charge in [0.25, 0.3) is 0 Å². The van der Waals surface area contributed by atoms with E-state index in [0.717, 1.165) is 23.2 Å². The van der Waals surface area contributed by atoms with Crippen LogP contribution in [0.1, 0.15) is 24.0 Å². The van der Waals surface area contributed by atoms with Gasteiger partial charge in [-0.1, -0.05) is 42.8 Å². The van der Waals surface area contributed by atoms with E-state index in [0.29, 0.717) is 11.1 Å². The number of halogens is 2. The van der Waals surface area contributed by atoms with Crippen molar-refractivity contribution < 1.29 is 0 Å². The van der Waals surface area contributed by atoms with E-state index in [-0.39, 0.29) is 5.28 Å². The fourth-order valence-corrected chi connectivity index (χ4v) is 2.85. The molecule has 1 atom stereocenters. The molecule has 0 spiro atoms. The Kier molecular flexibility index (Phi) is 2.57. The third kappa shape index (κ3) is 1.72. The lowest BCUT2D eigenvalue weighted by molar-refractivity contribution is 0.740. The van der Waals surface area contributed by atoms with Crippen molar-refractivity contribution >= 4 is 23.2 Å². The van der Waals surface area contributed by atoms with Gasteiger partial charge in [-0.05, 0) is 29.5 Å². The van der Waals surface area contributed by atoms with Crippen LogP contribution in [0.5, 0.6) is 0 Å². The molecule has 0 fully saturated rings. The fourth-order valence-electron chi connectivity index (χ4n) is 2.39. The molecule has 1 aliphatic rings. The van der Waals surface area contributed by atoms with Crippen molar-refractivity contribution in [2.75, 3.05) is 0 Å². The Morgan fingerprint density at radius 3 is 2.76 bits per heavy atom. The molecule has 0 bridgehead atoms. The minimum atomic E-state index is 0.207. The Bertz CT molecular complexity index is 596. The fraction of sp³-hybridized carbons (Fsp3) is 0.231. The Morgan fingerprint density at radius 1 is 1.18 bits per heavy atom. The van der Waals surface area contributed by atoms with Gasteiger partial charge < -0.3 is 0 Å². The molecule has 1 aliphatic carbocycles. The monoisotopic (exact) mass is 264 g/mol. The highest BCUT2D eigenvalue weighted by molar-refractivity contribution is 6.32. The third-order valence-electron chi connectivity index (χ3n) is 3.19. The van der Waals surface area contributed by atoms with E-state index in [2.05, 4.69) is 29.0 Å². The van der Waals surface area contributed by atoms with Gasteiger partial charge in [-0.2, -0.15) is 0 Å². The van der Waals surface area contributed by atoms with Gasteiger partial charge in [0.15, 0.2) is 0 Å². The molecular formula is C13H10Cl2N2. The number of hydrogen-bond donors (Lipinski definition) is 0. The third-order valence-corrected chi connectivity index (χ3v) is 3.67. The van der Waals surface area contributed by atoms with Crippen LogP contribution >= 0.6 is 23.2 Å². The van der Waals surface area contributed by atoms with Gasteiger partial charge >= 0.3 is 0 Å². The minimum absolute atomic E-state index is 0.207. The summed E-state index contributed by atoms with van der Waals surface area (Å²) in [4.78, 5) is 8.33. The Labute approximate surface area is 110 Å². The van der Waals surface area contributed by atoms with E-state index >= 15 is 0 Å². The quantitative estimate of drug-likeness (QED) is 0.529. The smallest absolute Gasteiger partial charge is 0.217 e. The molecule has 1 aromatic carbocycles. The van der Waals surface area contributed by atoms with E-state index < -0.39 is 0 Å². The molecule has 0 saturated heterocycles. The Morgan fingerprint density at radius 2 is 1.94 bits per heavy atom. The Balaban J connectivity index is 2.33. The van der Waals surface area contributed by atoms with Gasteiger partial charge in [-0.15, -0.1) is 0 Å². The van der Waals surface area contributed by atoms with Crippen LogP contribution in [0.4, 0.5) is 0 Å². The number of aromatic nitrogens is 2. The van der Waals surface area contributed by atoms with Gasteiger partial charge in [0, 0.05) is 11.1 Å². The second kappa shape index (κ2) is 3.97. The molecule has 4 heteroatoms. The molecule has 3 rings (SSSR count). The summed E-state index contributed by atoms with van der Waals surface area (Å²) in [6.07, 6.45) is 0.863. The average Bonchev–Trinajstić information content (AvgIpc) is 2.31. The van der Waals surface area contributed by atoms with Crippen molar-refractivity contribution in [2.45, 2.75) is 19.3 Å². The molecule has 0 amide bonds. The number of nitrogens with zero attached hydrogens (tertiary/aromatic N) is 2. The maximum Gasteiger partial charge on any atom is 0.224 e. The van der Waals surface area contributed by atoms with Gasteiger partial charge in [-0.3, -0.25) is 0 Å². The molecule has 86 valence electrons. The number of hydrogen-bond acceptors (Lipinski definition) is 2. The van der Waals surface area contributed by atoms with Crippen molar-refractivity contribution in [3.05, 3.63) is 45.8 Å². The zero-order chi connectivity index (χ0) is 12.0. The lowest BCUT2D eigenvalue weighted by Crippen LogP contribution is -2.11. The molecule has 2 nitrogen and oxygen atoms in total. The Hall–Kier alpha value is -1.12. The highest BCUT2D eigenvalue weighted by Crippen LogP contribution is 2.40. The maximum atomic E-state index is 6.14. The van der Waals surface area contributed by atoms with Gasteiger partial charge in [0.05, 0.1) is 5.69 Å². The first-order valence-electron chi connectivity index (χ1n) is 5.48. The highest BCUT2D eigenvalue weighted by Gasteiger charge is 2.25. The highest BCUT2D eigenvalue weighted by atomic mass is 35.5. The van der Waals surface area contributed by atoms with E-state index in [9.17, 15) is 0 Å². The summed E-state index contributed by atoms with van der Waals surface area (Å²) in [6, 6.07) is 8.24.